The zero-order valence-corrected chi connectivity index (χ0v) is 10.3. The van der Waals surface area contributed by atoms with Gasteiger partial charge in [0.05, 0.1) is 13.1 Å². The molecule has 2 heterocycles. The second-order valence-corrected chi connectivity index (χ2v) is 4.98. The summed E-state index contributed by atoms with van der Waals surface area (Å²) in [5.41, 5.74) is 6.79. The highest BCUT2D eigenvalue weighted by Crippen LogP contribution is 2.20. The van der Waals surface area contributed by atoms with Gasteiger partial charge in [0, 0.05) is 0 Å². The van der Waals surface area contributed by atoms with Gasteiger partial charge in [-0.2, -0.15) is 0 Å². The second-order valence-electron chi connectivity index (χ2n) is 4.98. The number of likely N-dealkylation sites (tertiary alicyclic amines) is 1. The molecule has 1 aromatic rings. The van der Waals surface area contributed by atoms with Crippen molar-refractivity contribution in [1.29, 1.82) is 0 Å². The van der Waals surface area contributed by atoms with Gasteiger partial charge >= 0.3 is 0 Å². The van der Waals surface area contributed by atoms with E-state index in [1.165, 1.54) is 31.5 Å². The SMILES string of the molecule is Cc1cc(CN2CCC(C)CC2)oc1CN. The Morgan fingerprint density at radius 1 is 1.44 bits per heavy atom. The predicted octanol–water partition coefficient (Wildman–Crippen LogP) is 2.28. The van der Waals surface area contributed by atoms with Crippen molar-refractivity contribution in [2.75, 3.05) is 13.1 Å². The quantitative estimate of drug-likeness (QED) is 0.853. The van der Waals surface area contributed by atoms with Crippen molar-refractivity contribution in [2.45, 2.75) is 39.8 Å². The molecule has 0 radical (unpaired) electrons. The number of rotatable bonds is 3. The summed E-state index contributed by atoms with van der Waals surface area (Å²) in [6, 6.07) is 2.13. The van der Waals surface area contributed by atoms with Gasteiger partial charge in [0.15, 0.2) is 0 Å². The zero-order valence-electron chi connectivity index (χ0n) is 10.3. The summed E-state index contributed by atoms with van der Waals surface area (Å²) in [4.78, 5) is 2.47. The molecular weight excluding hydrogens is 200 g/mol. The first-order valence-electron chi connectivity index (χ1n) is 6.19. The van der Waals surface area contributed by atoms with Crippen LogP contribution in [0.5, 0.6) is 0 Å². The fourth-order valence-electron chi connectivity index (χ4n) is 2.31. The molecule has 0 saturated carbocycles. The molecule has 1 aromatic heterocycles. The summed E-state index contributed by atoms with van der Waals surface area (Å²) < 4.78 is 5.73. The third kappa shape index (κ3) is 2.66. The molecule has 1 saturated heterocycles. The Balaban J connectivity index is 1.93. The highest BCUT2D eigenvalue weighted by molar-refractivity contribution is 5.19. The average molecular weight is 222 g/mol. The van der Waals surface area contributed by atoms with Crippen molar-refractivity contribution < 1.29 is 4.42 Å². The van der Waals surface area contributed by atoms with Crippen molar-refractivity contribution in [1.82, 2.24) is 4.90 Å². The standard InChI is InChI=1S/C13H22N2O/c1-10-3-5-15(6-4-10)9-12-7-11(2)13(8-14)16-12/h7,10H,3-6,8-9,14H2,1-2H3. The van der Waals surface area contributed by atoms with Gasteiger partial charge < -0.3 is 10.2 Å². The van der Waals surface area contributed by atoms with Crippen LogP contribution in [0.15, 0.2) is 10.5 Å². The number of piperidine rings is 1. The van der Waals surface area contributed by atoms with Crippen molar-refractivity contribution in [3.8, 4) is 0 Å². The van der Waals surface area contributed by atoms with Crippen LogP contribution in [-0.2, 0) is 13.1 Å². The molecule has 0 spiro atoms. The fraction of sp³-hybridized carbons (Fsp3) is 0.692. The molecule has 0 unspecified atom stereocenters. The van der Waals surface area contributed by atoms with Crippen LogP contribution in [-0.4, -0.2) is 18.0 Å². The van der Waals surface area contributed by atoms with E-state index in [-0.39, 0.29) is 0 Å². The minimum atomic E-state index is 0.503. The van der Waals surface area contributed by atoms with E-state index in [0.29, 0.717) is 6.54 Å². The summed E-state index contributed by atoms with van der Waals surface area (Å²) >= 11 is 0. The third-order valence-corrected chi connectivity index (χ3v) is 3.51. The van der Waals surface area contributed by atoms with E-state index in [9.17, 15) is 0 Å². The van der Waals surface area contributed by atoms with Crippen LogP contribution >= 0.6 is 0 Å². The van der Waals surface area contributed by atoms with E-state index in [1.54, 1.807) is 0 Å². The molecule has 1 fully saturated rings. The Bertz CT molecular complexity index is 338. The Labute approximate surface area is 97.6 Å². The van der Waals surface area contributed by atoms with E-state index in [2.05, 4.69) is 24.8 Å². The summed E-state index contributed by atoms with van der Waals surface area (Å²) in [7, 11) is 0. The maximum absolute atomic E-state index is 5.73. The first kappa shape index (κ1) is 11.7. The van der Waals surface area contributed by atoms with Gasteiger partial charge in [0.1, 0.15) is 11.5 Å². The number of hydrogen-bond acceptors (Lipinski definition) is 3. The van der Waals surface area contributed by atoms with Gasteiger partial charge in [-0.15, -0.1) is 0 Å². The molecule has 0 bridgehead atoms. The van der Waals surface area contributed by atoms with E-state index in [4.69, 9.17) is 10.2 Å². The Morgan fingerprint density at radius 3 is 2.69 bits per heavy atom. The van der Waals surface area contributed by atoms with Gasteiger partial charge in [0.2, 0.25) is 0 Å². The van der Waals surface area contributed by atoms with E-state index >= 15 is 0 Å². The van der Waals surface area contributed by atoms with E-state index < -0.39 is 0 Å². The number of aryl methyl sites for hydroxylation is 1. The minimum absolute atomic E-state index is 0.503. The van der Waals surface area contributed by atoms with Crippen LogP contribution < -0.4 is 5.73 Å². The number of furan rings is 1. The normalized spacial score (nSPS) is 19.2. The topological polar surface area (TPSA) is 42.4 Å². The van der Waals surface area contributed by atoms with Gasteiger partial charge in [-0.25, -0.2) is 0 Å². The first-order valence-corrected chi connectivity index (χ1v) is 6.19. The summed E-state index contributed by atoms with van der Waals surface area (Å²) in [5.74, 6) is 2.88. The summed E-state index contributed by atoms with van der Waals surface area (Å²) in [5, 5.41) is 0. The van der Waals surface area contributed by atoms with Crippen LogP contribution in [0.3, 0.4) is 0 Å². The highest BCUT2D eigenvalue weighted by atomic mass is 16.3. The van der Waals surface area contributed by atoms with Crippen molar-refractivity contribution in [2.24, 2.45) is 11.7 Å². The highest BCUT2D eigenvalue weighted by Gasteiger charge is 2.17. The lowest BCUT2D eigenvalue weighted by atomic mass is 9.99. The third-order valence-electron chi connectivity index (χ3n) is 3.51. The lowest BCUT2D eigenvalue weighted by Crippen LogP contribution is -2.32. The van der Waals surface area contributed by atoms with Crippen LogP contribution in [0, 0.1) is 12.8 Å². The summed E-state index contributed by atoms with van der Waals surface area (Å²) in [6.07, 6.45) is 2.62. The number of hydrogen-bond donors (Lipinski definition) is 1. The molecule has 0 atom stereocenters. The van der Waals surface area contributed by atoms with Crippen molar-refractivity contribution in [3.63, 3.8) is 0 Å². The Morgan fingerprint density at radius 2 is 2.12 bits per heavy atom. The van der Waals surface area contributed by atoms with Crippen molar-refractivity contribution in [3.05, 3.63) is 23.2 Å². The molecule has 2 rings (SSSR count). The molecule has 1 aliphatic heterocycles. The van der Waals surface area contributed by atoms with Crippen molar-refractivity contribution >= 4 is 0 Å². The van der Waals surface area contributed by atoms with E-state index in [0.717, 1.165) is 24.0 Å². The molecule has 3 nitrogen and oxygen atoms in total. The fourth-order valence-corrected chi connectivity index (χ4v) is 2.31. The molecule has 1 aliphatic rings. The lowest BCUT2D eigenvalue weighted by molar-refractivity contribution is 0.172. The Kier molecular flexibility index (Phi) is 3.66. The number of nitrogens with zero attached hydrogens (tertiary/aromatic N) is 1. The second kappa shape index (κ2) is 5.02. The maximum atomic E-state index is 5.73. The van der Waals surface area contributed by atoms with Crippen LogP contribution in [0.2, 0.25) is 0 Å². The van der Waals surface area contributed by atoms with Gasteiger partial charge in [-0.3, -0.25) is 4.90 Å². The smallest absolute Gasteiger partial charge is 0.120 e. The lowest BCUT2D eigenvalue weighted by Gasteiger charge is -2.29. The zero-order chi connectivity index (χ0) is 11.5. The van der Waals surface area contributed by atoms with Crippen LogP contribution in [0.4, 0.5) is 0 Å². The molecule has 0 aromatic carbocycles. The van der Waals surface area contributed by atoms with Crippen LogP contribution in [0.25, 0.3) is 0 Å². The van der Waals surface area contributed by atoms with E-state index in [1.807, 2.05) is 0 Å². The molecule has 3 heteroatoms. The minimum Gasteiger partial charge on any atom is -0.463 e. The number of nitrogens with two attached hydrogens (primary N) is 1. The first-order chi connectivity index (χ1) is 7.69. The van der Waals surface area contributed by atoms with Gasteiger partial charge in [0.25, 0.3) is 0 Å². The Hall–Kier alpha value is -0.800. The maximum Gasteiger partial charge on any atom is 0.120 e. The molecule has 90 valence electrons. The van der Waals surface area contributed by atoms with Gasteiger partial charge in [-0.1, -0.05) is 6.92 Å². The van der Waals surface area contributed by atoms with Crippen LogP contribution in [0.1, 0.15) is 36.8 Å². The summed E-state index contributed by atoms with van der Waals surface area (Å²) in [6.45, 7) is 8.22. The largest absolute Gasteiger partial charge is 0.463 e. The predicted molar refractivity (Wildman–Crippen MR) is 65.0 cm³/mol. The molecular formula is C13H22N2O. The molecule has 2 N–H and O–H groups in total. The van der Waals surface area contributed by atoms with Gasteiger partial charge in [-0.05, 0) is 50.4 Å². The molecule has 0 amide bonds. The molecule has 16 heavy (non-hydrogen) atoms. The molecule has 0 aliphatic carbocycles. The average Bonchev–Trinajstić information content (AvgIpc) is 2.62. The monoisotopic (exact) mass is 222 g/mol.